The predicted molar refractivity (Wildman–Crippen MR) is 231 cm³/mol. The second-order valence-corrected chi connectivity index (χ2v) is 16.4. The first kappa shape index (κ1) is 46.6. The molecule has 4 unspecified atom stereocenters. The average Bonchev–Trinajstić information content (AvgIpc) is 3.26. The van der Waals surface area contributed by atoms with Gasteiger partial charge in [-0.2, -0.15) is 0 Å². The summed E-state index contributed by atoms with van der Waals surface area (Å²) in [6.45, 7) is 9.44. The first-order valence-electron chi connectivity index (χ1n) is 20.3. The summed E-state index contributed by atoms with van der Waals surface area (Å²) in [7, 11) is 0. The third-order valence-electron chi connectivity index (χ3n) is 10.0. The Bertz CT molecular complexity index is 2230. The molecular formula is C50H52O12. The molecule has 4 aromatic carbocycles. The summed E-state index contributed by atoms with van der Waals surface area (Å²) in [5, 5.41) is 0. The van der Waals surface area contributed by atoms with Gasteiger partial charge in [-0.05, 0) is 112 Å². The van der Waals surface area contributed by atoms with Crippen molar-refractivity contribution in [3.63, 3.8) is 0 Å². The van der Waals surface area contributed by atoms with Gasteiger partial charge in [0, 0.05) is 11.1 Å². The highest BCUT2D eigenvalue weighted by Gasteiger charge is 2.39. The third-order valence-corrected chi connectivity index (χ3v) is 10.0. The average molecular weight is 845 g/mol. The minimum absolute atomic E-state index is 0.0983. The van der Waals surface area contributed by atoms with Gasteiger partial charge in [0.15, 0.2) is 11.6 Å². The molecule has 0 spiro atoms. The van der Waals surface area contributed by atoms with Crippen molar-refractivity contribution in [3.8, 4) is 11.5 Å². The number of hydrogen-bond acceptors (Lipinski definition) is 12. The van der Waals surface area contributed by atoms with E-state index >= 15 is 0 Å². The van der Waals surface area contributed by atoms with Crippen LogP contribution in [-0.4, -0.2) is 61.2 Å². The quantitative estimate of drug-likeness (QED) is 0.0406. The molecule has 4 atom stereocenters. The van der Waals surface area contributed by atoms with Crippen molar-refractivity contribution in [2.75, 3.05) is 13.2 Å². The van der Waals surface area contributed by atoms with E-state index in [1.807, 2.05) is 60.7 Å². The number of esters is 4. The topological polar surface area (TPSA) is 158 Å². The maximum atomic E-state index is 13.2. The summed E-state index contributed by atoms with van der Waals surface area (Å²) < 4.78 is 33.4. The van der Waals surface area contributed by atoms with Crippen LogP contribution in [0.3, 0.4) is 0 Å². The number of benzene rings is 4. The molecule has 1 aliphatic heterocycles. The van der Waals surface area contributed by atoms with Crippen molar-refractivity contribution < 1.29 is 57.2 Å². The molecule has 1 heterocycles. The minimum Gasteiger partial charge on any atom is -0.433 e. The van der Waals surface area contributed by atoms with Crippen LogP contribution in [0.1, 0.15) is 86.2 Å². The van der Waals surface area contributed by atoms with Crippen molar-refractivity contribution in [3.05, 3.63) is 144 Å². The van der Waals surface area contributed by atoms with Crippen LogP contribution in [0.5, 0.6) is 11.5 Å². The zero-order chi connectivity index (χ0) is 44.9. The van der Waals surface area contributed by atoms with Gasteiger partial charge in [0.2, 0.25) is 12.6 Å². The van der Waals surface area contributed by atoms with Crippen LogP contribution in [0.25, 0.3) is 12.2 Å². The Hall–Kier alpha value is -6.50. The number of hydrogen-bond donors (Lipinski definition) is 0. The number of allylic oxidation sites excluding steroid dienone is 2. The van der Waals surface area contributed by atoms with Gasteiger partial charge in [-0.15, -0.1) is 0 Å². The SMILES string of the molecule is CC(CC(C)(C)C(=O)OC1COC(OC(=O)C(C)CC(C)(C)C(=O)Oc2ccc(C(=O)C=Cc3ccccc3)cc2)CO1)C(=O)Oc1ccc(C(=O)C=Cc2ccccc2)cc1. The molecule has 0 aromatic heterocycles. The summed E-state index contributed by atoms with van der Waals surface area (Å²) >= 11 is 0. The van der Waals surface area contributed by atoms with Gasteiger partial charge in [0.25, 0.3) is 0 Å². The first-order valence-corrected chi connectivity index (χ1v) is 20.3. The van der Waals surface area contributed by atoms with Crippen molar-refractivity contribution >= 4 is 47.6 Å². The number of rotatable bonds is 18. The van der Waals surface area contributed by atoms with Gasteiger partial charge < -0.3 is 28.4 Å². The van der Waals surface area contributed by atoms with Gasteiger partial charge in [-0.1, -0.05) is 86.7 Å². The molecule has 12 nitrogen and oxygen atoms in total. The molecule has 1 aliphatic rings. The Kier molecular flexibility index (Phi) is 16.0. The Morgan fingerprint density at radius 1 is 0.548 bits per heavy atom. The summed E-state index contributed by atoms with van der Waals surface area (Å²) in [5.74, 6) is -3.66. The van der Waals surface area contributed by atoms with Crippen LogP contribution in [0, 0.1) is 22.7 Å². The Morgan fingerprint density at radius 3 is 1.40 bits per heavy atom. The fourth-order valence-electron chi connectivity index (χ4n) is 6.49. The van der Waals surface area contributed by atoms with Gasteiger partial charge >= 0.3 is 23.9 Å². The molecule has 0 bridgehead atoms. The fourth-order valence-corrected chi connectivity index (χ4v) is 6.49. The molecule has 0 amide bonds. The fraction of sp³-hybridized carbons (Fsp3) is 0.320. The second-order valence-electron chi connectivity index (χ2n) is 16.4. The monoisotopic (exact) mass is 844 g/mol. The lowest BCUT2D eigenvalue weighted by molar-refractivity contribution is -0.280. The van der Waals surface area contributed by atoms with Gasteiger partial charge in [-0.3, -0.25) is 28.8 Å². The highest BCUT2D eigenvalue weighted by Crippen LogP contribution is 2.31. The maximum absolute atomic E-state index is 13.2. The standard InChI is InChI=1S/C50H52O12/c1-33(45(53)59-39-23-19-37(20-24-39)41(51)27-17-35-13-9-7-10-14-35)29-50(5,6)48(56)62-44-32-57-43(31-58-44)61-46(54)34(2)30-49(3,4)47(55)60-40-25-21-38(22-26-40)42(52)28-18-36-15-11-8-12-16-36/h7-28,33-34,43-44H,29-32H2,1-6H3. The Balaban J connectivity index is 1.00. The molecule has 0 saturated carbocycles. The van der Waals surface area contributed by atoms with Gasteiger partial charge in [-0.25, -0.2) is 0 Å². The summed E-state index contributed by atoms with van der Waals surface area (Å²) in [4.78, 5) is 77.4. The van der Waals surface area contributed by atoms with Crippen molar-refractivity contribution in [1.82, 2.24) is 0 Å². The first-order chi connectivity index (χ1) is 29.5. The van der Waals surface area contributed by atoms with E-state index in [0.717, 1.165) is 11.1 Å². The lowest BCUT2D eigenvalue weighted by Gasteiger charge is -2.32. The molecule has 1 fully saturated rings. The van der Waals surface area contributed by atoms with E-state index in [4.69, 9.17) is 28.4 Å². The van der Waals surface area contributed by atoms with E-state index in [2.05, 4.69) is 0 Å². The van der Waals surface area contributed by atoms with Crippen LogP contribution in [0.4, 0.5) is 0 Å². The molecule has 0 N–H and O–H groups in total. The number of carbonyl (C=O) groups excluding carboxylic acids is 6. The van der Waals surface area contributed by atoms with Gasteiger partial charge in [0.1, 0.15) is 24.7 Å². The highest BCUT2D eigenvalue weighted by molar-refractivity contribution is 6.07. The normalized spacial score (nSPS) is 16.5. The number of ketones is 2. The van der Waals surface area contributed by atoms with E-state index in [0.29, 0.717) is 11.1 Å². The molecule has 62 heavy (non-hydrogen) atoms. The van der Waals surface area contributed by atoms with Crippen LogP contribution in [0.15, 0.2) is 121 Å². The largest absolute Gasteiger partial charge is 0.433 e. The minimum atomic E-state index is -1.11. The lowest BCUT2D eigenvalue weighted by atomic mass is 9.83. The molecule has 12 heteroatoms. The molecule has 0 radical (unpaired) electrons. The van der Waals surface area contributed by atoms with E-state index < -0.39 is 59.1 Å². The van der Waals surface area contributed by atoms with Gasteiger partial charge in [0.05, 0.1) is 22.7 Å². The van der Waals surface area contributed by atoms with E-state index in [-0.39, 0.29) is 49.1 Å². The summed E-state index contributed by atoms with van der Waals surface area (Å²) in [6.07, 6.45) is 4.46. The molecule has 324 valence electrons. The number of ether oxygens (including phenoxy) is 6. The molecule has 0 aliphatic carbocycles. The van der Waals surface area contributed by atoms with Crippen LogP contribution >= 0.6 is 0 Å². The molecule has 4 aromatic rings. The van der Waals surface area contributed by atoms with E-state index in [9.17, 15) is 28.8 Å². The number of carbonyl (C=O) groups is 6. The Labute approximate surface area is 361 Å². The smallest absolute Gasteiger partial charge is 0.316 e. The highest BCUT2D eigenvalue weighted by atomic mass is 16.8. The summed E-state index contributed by atoms with van der Waals surface area (Å²) in [5.41, 5.74) is 0.471. The Morgan fingerprint density at radius 2 is 0.952 bits per heavy atom. The molecular weight excluding hydrogens is 793 g/mol. The third kappa shape index (κ3) is 13.8. The zero-order valence-corrected chi connectivity index (χ0v) is 35.7. The lowest BCUT2D eigenvalue weighted by Crippen LogP contribution is -2.43. The van der Waals surface area contributed by atoms with Crippen LogP contribution in [-0.2, 0) is 38.1 Å². The zero-order valence-electron chi connectivity index (χ0n) is 35.7. The van der Waals surface area contributed by atoms with E-state index in [1.165, 1.54) is 24.3 Å². The molecule has 1 saturated heterocycles. The van der Waals surface area contributed by atoms with Crippen molar-refractivity contribution in [1.29, 1.82) is 0 Å². The molecule has 5 rings (SSSR count). The van der Waals surface area contributed by atoms with Crippen molar-refractivity contribution in [2.24, 2.45) is 22.7 Å². The maximum Gasteiger partial charge on any atom is 0.316 e. The van der Waals surface area contributed by atoms with Crippen LogP contribution < -0.4 is 9.47 Å². The second kappa shape index (κ2) is 21.3. The van der Waals surface area contributed by atoms with Crippen molar-refractivity contribution in [2.45, 2.75) is 67.0 Å². The summed E-state index contributed by atoms with van der Waals surface area (Å²) in [6, 6.07) is 31.3. The van der Waals surface area contributed by atoms with E-state index in [1.54, 1.807) is 90.1 Å². The predicted octanol–water partition coefficient (Wildman–Crippen LogP) is 8.88. The van der Waals surface area contributed by atoms with Crippen LogP contribution in [0.2, 0.25) is 0 Å².